The van der Waals surface area contributed by atoms with E-state index in [9.17, 15) is 4.79 Å². The highest BCUT2D eigenvalue weighted by Gasteiger charge is 2.29. The van der Waals surface area contributed by atoms with Crippen LogP contribution in [0.25, 0.3) is 0 Å². The largest absolute Gasteiger partial charge is 0.481 e. The zero-order valence-electron chi connectivity index (χ0n) is 9.05. The summed E-state index contributed by atoms with van der Waals surface area (Å²) in [5.74, 6) is -1.34. The summed E-state index contributed by atoms with van der Waals surface area (Å²) in [7, 11) is 0. The predicted octanol–water partition coefficient (Wildman–Crippen LogP) is 2.04. The summed E-state index contributed by atoms with van der Waals surface area (Å²) < 4.78 is 0. The van der Waals surface area contributed by atoms with Crippen molar-refractivity contribution in [3.8, 4) is 0 Å². The van der Waals surface area contributed by atoms with Crippen molar-refractivity contribution < 1.29 is 9.90 Å². The quantitative estimate of drug-likeness (QED) is 0.794. The molecule has 0 heterocycles. The molecule has 0 fully saturated rings. The Morgan fingerprint density at radius 2 is 1.80 bits per heavy atom. The number of aliphatic carboxylic acids is 1. The molecule has 0 spiro atoms. The van der Waals surface area contributed by atoms with Gasteiger partial charge >= 0.3 is 5.97 Å². The second-order valence-electron chi connectivity index (χ2n) is 4.04. The van der Waals surface area contributed by atoms with Gasteiger partial charge in [0.1, 0.15) is 0 Å². The maximum Gasteiger partial charge on any atom is 0.308 e. The summed E-state index contributed by atoms with van der Waals surface area (Å²) >= 11 is 0. The van der Waals surface area contributed by atoms with E-state index in [-0.39, 0.29) is 5.92 Å². The van der Waals surface area contributed by atoms with E-state index < -0.39 is 17.9 Å². The minimum atomic E-state index is -0.832. The van der Waals surface area contributed by atoms with Crippen molar-refractivity contribution in [1.82, 2.24) is 0 Å². The van der Waals surface area contributed by atoms with Crippen LogP contribution in [0.2, 0.25) is 0 Å². The number of carboxylic acid groups (broad SMARTS) is 1. The molecule has 3 nitrogen and oxygen atoms in total. The van der Waals surface area contributed by atoms with E-state index in [0.717, 1.165) is 5.56 Å². The van der Waals surface area contributed by atoms with Crippen LogP contribution in [-0.4, -0.2) is 11.1 Å². The second-order valence-corrected chi connectivity index (χ2v) is 4.04. The third kappa shape index (κ3) is 2.80. The van der Waals surface area contributed by atoms with Crippen LogP contribution >= 0.6 is 0 Å². The van der Waals surface area contributed by atoms with Crippen molar-refractivity contribution in [2.24, 2.45) is 17.6 Å². The molecule has 15 heavy (non-hydrogen) atoms. The van der Waals surface area contributed by atoms with E-state index >= 15 is 0 Å². The van der Waals surface area contributed by atoms with Crippen molar-refractivity contribution in [2.45, 2.75) is 19.9 Å². The van der Waals surface area contributed by atoms with Gasteiger partial charge in [-0.25, -0.2) is 0 Å². The Balaban J connectivity index is 2.91. The first kappa shape index (κ1) is 11.7. The van der Waals surface area contributed by atoms with Crippen LogP contribution in [0.4, 0.5) is 0 Å². The van der Waals surface area contributed by atoms with E-state index in [1.165, 1.54) is 0 Å². The molecule has 0 aliphatic heterocycles. The second kappa shape index (κ2) is 4.94. The average molecular weight is 207 g/mol. The van der Waals surface area contributed by atoms with Gasteiger partial charge in [-0.2, -0.15) is 0 Å². The van der Waals surface area contributed by atoms with Crippen LogP contribution in [-0.2, 0) is 4.79 Å². The highest BCUT2D eigenvalue weighted by Crippen LogP contribution is 2.25. The van der Waals surface area contributed by atoms with Gasteiger partial charge in [0.25, 0.3) is 0 Å². The molecular formula is C12H17NO2. The van der Waals surface area contributed by atoms with Gasteiger partial charge in [0, 0.05) is 6.04 Å². The number of rotatable bonds is 4. The van der Waals surface area contributed by atoms with Crippen LogP contribution < -0.4 is 5.73 Å². The molecule has 1 aromatic carbocycles. The Kier molecular flexibility index (Phi) is 3.86. The van der Waals surface area contributed by atoms with Gasteiger partial charge in [0.15, 0.2) is 0 Å². The molecule has 0 aliphatic carbocycles. The highest BCUT2D eigenvalue weighted by atomic mass is 16.4. The van der Waals surface area contributed by atoms with Crippen molar-refractivity contribution in [3.05, 3.63) is 35.9 Å². The fourth-order valence-electron chi connectivity index (χ4n) is 1.74. The maximum atomic E-state index is 11.1. The molecule has 0 unspecified atom stereocenters. The Morgan fingerprint density at radius 3 is 2.20 bits per heavy atom. The van der Waals surface area contributed by atoms with Crippen LogP contribution in [0.5, 0.6) is 0 Å². The minimum absolute atomic E-state index is 0.0257. The van der Waals surface area contributed by atoms with Crippen molar-refractivity contribution in [1.29, 1.82) is 0 Å². The summed E-state index contributed by atoms with van der Waals surface area (Å²) in [4.78, 5) is 11.1. The van der Waals surface area contributed by atoms with E-state index in [1.807, 2.05) is 44.2 Å². The topological polar surface area (TPSA) is 63.3 Å². The number of hydrogen-bond donors (Lipinski definition) is 2. The Labute approximate surface area is 89.9 Å². The lowest BCUT2D eigenvalue weighted by Gasteiger charge is -2.23. The minimum Gasteiger partial charge on any atom is -0.481 e. The summed E-state index contributed by atoms with van der Waals surface area (Å²) in [6.45, 7) is 3.75. The highest BCUT2D eigenvalue weighted by molar-refractivity contribution is 5.71. The maximum absolute atomic E-state index is 11.1. The molecule has 2 atom stereocenters. The van der Waals surface area contributed by atoms with E-state index in [4.69, 9.17) is 10.8 Å². The first-order valence-corrected chi connectivity index (χ1v) is 5.07. The molecule has 0 amide bonds. The Hall–Kier alpha value is -1.35. The van der Waals surface area contributed by atoms with Crippen molar-refractivity contribution in [2.75, 3.05) is 0 Å². The van der Waals surface area contributed by atoms with Gasteiger partial charge in [-0.15, -0.1) is 0 Å². The number of benzene rings is 1. The Bertz CT molecular complexity index is 322. The van der Waals surface area contributed by atoms with Crippen LogP contribution in [0.3, 0.4) is 0 Å². The summed E-state index contributed by atoms with van der Waals surface area (Å²) in [6.07, 6.45) is 0. The first-order valence-electron chi connectivity index (χ1n) is 5.07. The van der Waals surface area contributed by atoms with Crippen LogP contribution in [0.15, 0.2) is 30.3 Å². The van der Waals surface area contributed by atoms with Crippen LogP contribution in [0, 0.1) is 11.8 Å². The SMILES string of the molecule is CC(C)[C@H](C(=O)O)[C@H](N)c1ccccc1. The van der Waals surface area contributed by atoms with Gasteiger partial charge < -0.3 is 10.8 Å². The number of hydrogen-bond acceptors (Lipinski definition) is 2. The standard InChI is InChI=1S/C12H17NO2/c1-8(2)10(12(14)15)11(13)9-6-4-3-5-7-9/h3-8,10-11H,13H2,1-2H3,(H,14,15)/t10-,11+/m0/s1. The molecule has 0 saturated carbocycles. The smallest absolute Gasteiger partial charge is 0.308 e. The average Bonchev–Trinajstić information content (AvgIpc) is 2.18. The third-order valence-corrected chi connectivity index (χ3v) is 2.57. The van der Waals surface area contributed by atoms with Gasteiger partial charge in [-0.3, -0.25) is 4.79 Å². The molecule has 0 saturated heterocycles. The van der Waals surface area contributed by atoms with Crippen molar-refractivity contribution >= 4 is 5.97 Å². The zero-order valence-corrected chi connectivity index (χ0v) is 9.05. The predicted molar refractivity (Wildman–Crippen MR) is 59.3 cm³/mol. The monoisotopic (exact) mass is 207 g/mol. The molecule has 82 valence electrons. The van der Waals surface area contributed by atoms with E-state index in [2.05, 4.69) is 0 Å². The van der Waals surface area contributed by atoms with Gasteiger partial charge in [0.05, 0.1) is 5.92 Å². The molecular weight excluding hydrogens is 190 g/mol. The summed E-state index contributed by atoms with van der Waals surface area (Å²) in [6, 6.07) is 8.92. The lowest BCUT2D eigenvalue weighted by atomic mass is 9.85. The van der Waals surface area contributed by atoms with Crippen LogP contribution in [0.1, 0.15) is 25.5 Å². The van der Waals surface area contributed by atoms with E-state index in [0.29, 0.717) is 0 Å². The summed E-state index contributed by atoms with van der Waals surface area (Å²) in [5, 5.41) is 9.10. The fourth-order valence-corrected chi connectivity index (χ4v) is 1.74. The van der Waals surface area contributed by atoms with Gasteiger partial charge in [-0.05, 0) is 11.5 Å². The molecule has 3 heteroatoms. The Morgan fingerprint density at radius 1 is 1.27 bits per heavy atom. The molecule has 1 aromatic rings. The molecule has 0 aromatic heterocycles. The van der Waals surface area contributed by atoms with E-state index in [1.54, 1.807) is 0 Å². The number of nitrogens with two attached hydrogens (primary N) is 1. The summed E-state index contributed by atoms with van der Waals surface area (Å²) in [5.41, 5.74) is 6.83. The van der Waals surface area contributed by atoms with Gasteiger partial charge in [0.2, 0.25) is 0 Å². The number of carbonyl (C=O) groups is 1. The molecule has 0 aliphatic rings. The first-order chi connectivity index (χ1) is 7.04. The molecule has 0 radical (unpaired) electrons. The molecule has 1 rings (SSSR count). The third-order valence-electron chi connectivity index (χ3n) is 2.57. The number of carboxylic acids is 1. The fraction of sp³-hybridized carbons (Fsp3) is 0.417. The lowest BCUT2D eigenvalue weighted by Crippen LogP contribution is -2.32. The molecule has 0 bridgehead atoms. The normalized spacial score (nSPS) is 14.9. The van der Waals surface area contributed by atoms with Gasteiger partial charge in [-0.1, -0.05) is 44.2 Å². The molecule has 3 N–H and O–H groups in total. The zero-order chi connectivity index (χ0) is 11.4. The lowest BCUT2D eigenvalue weighted by molar-refractivity contribution is -0.144. The van der Waals surface area contributed by atoms with Crippen molar-refractivity contribution in [3.63, 3.8) is 0 Å².